The summed E-state index contributed by atoms with van der Waals surface area (Å²) in [6.07, 6.45) is 0.985. The van der Waals surface area contributed by atoms with Crippen LogP contribution in [0.4, 0.5) is 10.5 Å². The summed E-state index contributed by atoms with van der Waals surface area (Å²) in [5.74, 6) is 0. The summed E-state index contributed by atoms with van der Waals surface area (Å²) in [6, 6.07) is 7.77. The summed E-state index contributed by atoms with van der Waals surface area (Å²) < 4.78 is 0. The van der Waals surface area contributed by atoms with Gasteiger partial charge in [-0.05, 0) is 24.1 Å². The molecule has 3 N–H and O–H groups in total. The van der Waals surface area contributed by atoms with Crippen LogP contribution in [-0.4, -0.2) is 19.1 Å². The maximum atomic E-state index is 11.6. The molecule has 1 aromatic rings. The van der Waals surface area contributed by atoms with Crippen LogP contribution < -0.4 is 16.0 Å². The van der Waals surface area contributed by atoms with Crippen molar-refractivity contribution in [1.82, 2.24) is 5.32 Å². The van der Waals surface area contributed by atoms with Crippen molar-refractivity contribution in [3.05, 3.63) is 29.8 Å². The number of amides is 2. The zero-order valence-corrected chi connectivity index (χ0v) is 8.57. The fourth-order valence-electron chi connectivity index (χ4n) is 1.73. The number of carbonyl (C=O) groups is 1. The van der Waals surface area contributed by atoms with E-state index >= 15 is 0 Å². The van der Waals surface area contributed by atoms with E-state index in [-0.39, 0.29) is 6.03 Å². The van der Waals surface area contributed by atoms with Crippen LogP contribution in [0.1, 0.15) is 12.0 Å². The number of rotatable bonds is 2. The van der Waals surface area contributed by atoms with E-state index < -0.39 is 0 Å². The van der Waals surface area contributed by atoms with E-state index in [0.717, 1.165) is 30.8 Å². The van der Waals surface area contributed by atoms with Crippen LogP contribution >= 0.6 is 0 Å². The van der Waals surface area contributed by atoms with Crippen molar-refractivity contribution in [3.8, 4) is 0 Å². The number of urea groups is 1. The number of anilines is 1. The standard InChI is InChI=1S/C11H15N3O/c12-8-9-3-1-4-10(7-9)14-6-2-5-13-11(14)15/h1,3-4,7H,2,5-6,8,12H2,(H,13,15). The normalized spacial score (nSPS) is 16.3. The highest BCUT2D eigenvalue weighted by atomic mass is 16.2. The first-order valence-electron chi connectivity index (χ1n) is 5.15. The van der Waals surface area contributed by atoms with Gasteiger partial charge in [0, 0.05) is 25.3 Å². The lowest BCUT2D eigenvalue weighted by Crippen LogP contribution is -2.46. The summed E-state index contributed by atoms with van der Waals surface area (Å²) in [6.45, 7) is 2.05. The molecule has 0 spiro atoms. The number of nitrogens with two attached hydrogens (primary N) is 1. The van der Waals surface area contributed by atoms with Crippen molar-refractivity contribution in [2.75, 3.05) is 18.0 Å². The van der Waals surface area contributed by atoms with Gasteiger partial charge < -0.3 is 11.1 Å². The number of nitrogens with zero attached hydrogens (tertiary/aromatic N) is 1. The van der Waals surface area contributed by atoms with Gasteiger partial charge in [0.05, 0.1) is 0 Å². The Bertz CT molecular complexity index is 365. The highest BCUT2D eigenvalue weighted by molar-refractivity contribution is 5.92. The Morgan fingerprint density at radius 3 is 3.07 bits per heavy atom. The zero-order valence-electron chi connectivity index (χ0n) is 8.57. The van der Waals surface area contributed by atoms with Gasteiger partial charge in [0.25, 0.3) is 0 Å². The largest absolute Gasteiger partial charge is 0.338 e. The maximum Gasteiger partial charge on any atom is 0.321 e. The minimum atomic E-state index is -0.0181. The van der Waals surface area contributed by atoms with Crippen molar-refractivity contribution < 1.29 is 4.79 Å². The highest BCUT2D eigenvalue weighted by Crippen LogP contribution is 2.17. The summed E-state index contributed by atoms with van der Waals surface area (Å²) in [7, 11) is 0. The minimum Gasteiger partial charge on any atom is -0.338 e. The number of nitrogens with one attached hydrogen (secondary N) is 1. The molecule has 15 heavy (non-hydrogen) atoms. The van der Waals surface area contributed by atoms with E-state index in [9.17, 15) is 4.79 Å². The fourth-order valence-corrected chi connectivity index (χ4v) is 1.73. The number of benzene rings is 1. The Morgan fingerprint density at radius 1 is 1.47 bits per heavy atom. The van der Waals surface area contributed by atoms with Crippen molar-refractivity contribution in [2.24, 2.45) is 5.73 Å². The molecule has 0 radical (unpaired) electrons. The van der Waals surface area contributed by atoms with Crippen molar-refractivity contribution >= 4 is 11.7 Å². The molecule has 1 aromatic carbocycles. The van der Waals surface area contributed by atoms with E-state index in [1.165, 1.54) is 0 Å². The molecule has 4 nitrogen and oxygen atoms in total. The van der Waals surface area contributed by atoms with Crippen LogP contribution in [0.5, 0.6) is 0 Å². The van der Waals surface area contributed by atoms with Gasteiger partial charge in [0.1, 0.15) is 0 Å². The predicted octanol–water partition coefficient (Wildman–Crippen LogP) is 1.06. The van der Waals surface area contributed by atoms with Crippen LogP contribution in [0.2, 0.25) is 0 Å². The van der Waals surface area contributed by atoms with Crippen LogP contribution in [0.25, 0.3) is 0 Å². The third-order valence-electron chi connectivity index (χ3n) is 2.54. The molecule has 2 rings (SSSR count). The third kappa shape index (κ3) is 2.10. The SMILES string of the molecule is NCc1cccc(N2CCCNC2=O)c1. The van der Waals surface area contributed by atoms with Crippen LogP contribution in [0.3, 0.4) is 0 Å². The Morgan fingerprint density at radius 2 is 2.33 bits per heavy atom. The third-order valence-corrected chi connectivity index (χ3v) is 2.54. The molecule has 0 saturated carbocycles. The molecule has 1 saturated heterocycles. The van der Waals surface area contributed by atoms with Crippen LogP contribution in [-0.2, 0) is 6.54 Å². The van der Waals surface area contributed by atoms with Gasteiger partial charge in [-0.3, -0.25) is 4.90 Å². The lowest BCUT2D eigenvalue weighted by Gasteiger charge is -2.27. The molecule has 1 fully saturated rings. The second kappa shape index (κ2) is 4.31. The Kier molecular flexibility index (Phi) is 2.87. The summed E-state index contributed by atoms with van der Waals surface area (Å²) in [5.41, 5.74) is 7.54. The van der Waals surface area contributed by atoms with Crippen molar-refractivity contribution in [3.63, 3.8) is 0 Å². The molecule has 1 aliphatic heterocycles. The summed E-state index contributed by atoms with van der Waals surface area (Å²) in [5, 5.41) is 2.82. The second-order valence-corrected chi connectivity index (χ2v) is 3.61. The van der Waals surface area contributed by atoms with E-state index in [1.807, 2.05) is 24.3 Å². The van der Waals surface area contributed by atoms with Crippen molar-refractivity contribution in [2.45, 2.75) is 13.0 Å². The quantitative estimate of drug-likeness (QED) is 0.758. The molecule has 1 heterocycles. The first-order chi connectivity index (χ1) is 7.31. The Labute approximate surface area is 89.1 Å². The zero-order chi connectivity index (χ0) is 10.7. The average Bonchev–Trinajstić information content (AvgIpc) is 2.30. The van der Waals surface area contributed by atoms with Crippen molar-refractivity contribution in [1.29, 1.82) is 0 Å². The molecule has 0 atom stereocenters. The summed E-state index contributed by atoms with van der Waals surface area (Å²) in [4.78, 5) is 13.3. The monoisotopic (exact) mass is 205 g/mol. The lowest BCUT2D eigenvalue weighted by atomic mass is 10.2. The lowest BCUT2D eigenvalue weighted by molar-refractivity contribution is 0.243. The highest BCUT2D eigenvalue weighted by Gasteiger charge is 2.18. The topological polar surface area (TPSA) is 58.4 Å². The van der Waals surface area contributed by atoms with Gasteiger partial charge in [0.15, 0.2) is 0 Å². The molecule has 0 unspecified atom stereocenters. The predicted molar refractivity (Wildman–Crippen MR) is 59.7 cm³/mol. The summed E-state index contributed by atoms with van der Waals surface area (Å²) >= 11 is 0. The van der Waals surface area contributed by atoms with Gasteiger partial charge in [-0.15, -0.1) is 0 Å². The molecule has 80 valence electrons. The molecule has 0 aromatic heterocycles. The van der Waals surface area contributed by atoms with E-state index in [0.29, 0.717) is 6.54 Å². The first-order valence-corrected chi connectivity index (χ1v) is 5.15. The van der Waals surface area contributed by atoms with Gasteiger partial charge in [-0.25, -0.2) is 4.79 Å². The number of carbonyl (C=O) groups excluding carboxylic acids is 1. The van der Waals surface area contributed by atoms with Gasteiger partial charge in [-0.2, -0.15) is 0 Å². The van der Waals surface area contributed by atoms with Gasteiger partial charge >= 0.3 is 6.03 Å². The van der Waals surface area contributed by atoms with E-state index in [2.05, 4.69) is 5.32 Å². The Balaban J connectivity index is 2.23. The maximum absolute atomic E-state index is 11.6. The fraction of sp³-hybridized carbons (Fsp3) is 0.364. The average molecular weight is 205 g/mol. The molecule has 4 heteroatoms. The van der Waals surface area contributed by atoms with Crippen LogP contribution in [0, 0.1) is 0 Å². The van der Waals surface area contributed by atoms with E-state index in [4.69, 9.17) is 5.73 Å². The van der Waals surface area contributed by atoms with E-state index in [1.54, 1.807) is 4.90 Å². The molecule has 0 aliphatic carbocycles. The molecular formula is C11H15N3O. The van der Waals surface area contributed by atoms with Gasteiger partial charge in [-0.1, -0.05) is 12.1 Å². The number of hydrogen-bond donors (Lipinski definition) is 2. The molecular weight excluding hydrogens is 190 g/mol. The number of hydrogen-bond acceptors (Lipinski definition) is 2. The van der Waals surface area contributed by atoms with Gasteiger partial charge in [0.2, 0.25) is 0 Å². The molecule has 1 aliphatic rings. The second-order valence-electron chi connectivity index (χ2n) is 3.61. The van der Waals surface area contributed by atoms with Crippen LogP contribution in [0.15, 0.2) is 24.3 Å². The molecule has 2 amide bonds. The first kappa shape index (κ1) is 9.98. The Hall–Kier alpha value is -1.55. The molecule has 0 bridgehead atoms. The smallest absolute Gasteiger partial charge is 0.321 e. The minimum absolute atomic E-state index is 0.0181.